The van der Waals surface area contributed by atoms with Crippen molar-refractivity contribution in [2.24, 2.45) is 5.92 Å². The molecule has 1 aromatic heterocycles. The van der Waals surface area contributed by atoms with Crippen molar-refractivity contribution in [3.63, 3.8) is 0 Å². The Morgan fingerprint density at radius 1 is 1.48 bits per heavy atom. The number of hydrogen-bond acceptors (Lipinski definition) is 7. The fraction of sp³-hybridized carbons (Fsp3) is 0.529. The Bertz CT molecular complexity index is 904. The van der Waals surface area contributed by atoms with Crippen molar-refractivity contribution in [1.29, 1.82) is 0 Å². The molecule has 1 saturated heterocycles. The highest BCUT2D eigenvalue weighted by Crippen LogP contribution is 2.25. The van der Waals surface area contributed by atoms with Gasteiger partial charge in [-0.1, -0.05) is 0 Å². The molecular weight excluding hydrogens is 374 g/mol. The Balaban J connectivity index is 1.63. The lowest BCUT2D eigenvalue weighted by atomic mass is 10.2. The number of nitro benzene ring substituents is 1. The number of benzene rings is 1. The Hall–Kier alpha value is -2.49. The smallest absolute Gasteiger partial charge is 0.410 e. The molecule has 0 spiro atoms. The highest BCUT2D eigenvalue weighted by molar-refractivity contribution is 7.84. The fourth-order valence-corrected chi connectivity index (χ4v) is 4.08. The van der Waals surface area contributed by atoms with Crippen LogP contribution >= 0.6 is 0 Å². The van der Waals surface area contributed by atoms with Crippen LogP contribution in [-0.4, -0.2) is 49.6 Å². The molecule has 1 aliphatic heterocycles. The van der Waals surface area contributed by atoms with Crippen molar-refractivity contribution in [1.82, 2.24) is 9.88 Å². The number of nitrogens with zero attached hydrogens (tertiary/aromatic N) is 3. The SMILES string of the molecule is CC(C)(C)OC(=O)N1CC[C@@H](C[S@](=O)c2nc3cc([N+](=O)[O-])ccc3o2)C1. The second kappa shape index (κ2) is 7.26. The number of hydrogen-bond donors (Lipinski definition) is 0. The molecule has 0 radical (unpaired) electrons. The van der Waals surface area contributed by atoms with Crippen LogP contribution < -0.4 is 0 Å². The Kier molecular flexibility index (Phi) is 5.18. The summed E-state index contributed by atoms with van der Waals surface area (Å²) < 4.78 is 23.4. The van der Waals surface area contributed by atoms with Gasteiger partial charge in [0.15, 0.2) is 5.58 Å². The molecular formula is C17H21N3O6S. The molecule has 0 aliphatic carbocycles. The van der Waals surface area contributed by atoms with Gasteiger partial charge in [-0.15, -0.1) is 0 Å². The largest absolute Gasteiger partial charge is 0.444 e. The van der Waals surface area contributed by atoms with Crippen molar-refractivity contribution in [2.45, 2.75) is 38.0 Å². The second-order valence-electron chi connectivity index (χ2n) is 7.48. The van der Waals surface area contributed by atoms with Crippen molar-refractivity contribution in [3.05, 3.63) is 28.3 Å². The van der Waals surface area contributed by atoms with Gasteiger partial charge in [0, 0.05) is 31.0 Å². The normalized spacial score (nSPS) is 18.6. The van der Waals surface area contributed by atoms with Crippen LogP contribution in [-0.2, 0) is 15.5 Å². The molecule has 1 amide bonds. The van der Waals surface area contributed by atoms with E-state index in [0.29, 0.717) is 29.9 Å². The van der Waals surface area contributed by atoms with E-state index < -0.39 is 21.3 Å². The molecule has 1 aromatic carbocycles. The molecule has 0 unspecified atom stereocenters. The van der Waals surface area contributed by atoms with Gasteiger partial charge in [0.25, 0.3) is 10.9 Å². The van der Waals surface area contributed by atoms with Gasteiger partial charge in [0.05, 0.1) is 4.92 Å². The van der Waals surface area contributed by atoms with Crippen LogP contribution in [0.5, 0.6) is 0 Å². The molecule has 9 nitrogen and oxygen atoms in total. The summed E-state index contributed by atoms with van der Waals surface area (Å²) in [6.07, 6.45) is 0.349. The van der Waals surface area contributed by atoms with Crippen molar-refractivity contribution in [2.75, 3.05) is 18.8 Å². The average molecular weight is 395 g/mol. The summed E-state index contributed by atoms with van der Waals surface area (Å²) in [5, 5.41) is 10.9. The molecule has 146 valence electrons. The highest BCUT2D eigenvalue weighted by atomic mass is 32.2. The van der Waals surface area contributed by atoms with E-state index >= 15 is 0 Å². The second-order valence-corrected chi connectivity index (χ2v) is 8.86. The number of ether oxygens (including phenoxy) is 1. The third-order valence-electron chi connectivity index (χ3n) is 4.08. The molecule has 10 heteroatoms. The fourth-order valence-electron chi connectivity index (χ4n) is 2.85. The number of nitro groups is 1. The monoisotopic (exact) mass is 395 g/mol. The van der Waals surface area contributed by atoms with Crippen LogP contribution in [0.4, 0.5) is 10.5 Å². The topological polar surface area (TPSA) is 116 Å². The summed E-state index contributed by atoms with van der Waals surface area (Å²) >= 11 is 0. The van der Waals surface area contributed by atoms with Gasteiger partial charge in [-0.05, 0) is 39.2 Å². The van der Waals surface area contributed by atoms with Gasteiger partial charge >= 0.3 is 6.09 Å². The lowest BCUT2D eigenvalue weighted by molar-refractivity contribution is -0.384. The molecule has 2 atom stereocenters. The molecule has 0 N–H and O–H groups in total. The number of oxazole rings is 1. The summed E-state index contributed by atoms with van der Waals surface area (Å²) in [6.45, 7) is 6.45. The molecule has 3 rings (SSSR count). The number of non-ortho nitro benzene ring substituents is 1. The molecule has 0 saturated carbocycles. The minimum atomic E-state index is -1.50. The van der Waals surface area contributed by atoms with Gasteiger partial charge in [0.1, 0.15) is 21.9 Å². The van der Waals surface area contributed by atoms with E-state index in [1.165, 1.54) is 18.2 Å². The summed E-state index contributed by atoms with van der Waals surface area (Å²) in [6, 6.07) is 4.05. The van der Waals surface area contributed by atoms with Gasteiger partial charge in [0.2, 0.25) is 0 Å². The molecule has 27 heavy (non-hydrogen) atoms. The first-order valence-corrected chi connectivity index (χ1v) is 9.85. The Morgan fingerprint density at radius 2 is 2.22 bits per heavy atom. The van der Waals surface area contributed by atoms with Gasteiger partial charge in [-0.25, -0.2) is 14.0 Å². The van der Waals surface area contributed by atoms with E-state index in [-0.39, 0.29) is 22.9 Å². The zero-order valence-corrected chi connectivity index (χ0v) is 16.2. The highest BCUT2D eigenvalue weighted by Gasteiger charge is 2.31. The van der Waals surface area contributed by atoms with Crippen LogP contribution in [0.15, 0.2) is 27.8 Å². The predicted octanol–water partition coefficient (Wildman–Crippen LogP) is 3.10. The van der Waals surface area contributed by atoms with Gasteiger partial charge in [-0.2, -0.15) is 0 Å². The van der Waals surface area contributed by atoms with E-state index in [0.717, 1.165) is 6.42 Å². The van der Waals surface area contributed by atoms with Gasteiger partial charge < -0.3 is 14.1 Å². The number of rotatable bonds is 4. The summed E-state index contributed by atoms with van der Waals surface area (Å²) in [7, 11) is -1.50. The van der Waals surface area contributed by atoms with E-state index in [9.17, 15) is 19.1 Å². The standard InChI is InChI=1S/C17H21N3O6S/c1-17(2,3)26-16(21)19-7-6-11(9-19)10-27(24)15-18-13-8-12(20(22)23)4-5-14(13)25-15/h4-5,8,11H,6-7,9-10H2,1-3H3/t11-,27+/m1/s1. The average Bonchev–Trinajstić information content (AvgIpc) is 3.18. The maximum atomic E-state index is 12.6. The van der Waals surface area contributed by atoms with Crippen LogP contribution in [0, 0.1) is 16.0 Å². The first kappa shape index (κ1) is 19.3. The summed E-state index contributed by atoms with van der Waals surface area (Å²) in [5.74, 6) is 0.344. The lowest BCUT2D eigenvalue weighted by Crippen LogP contribution is -2.35. The molecule has 2 heterocycles. The van der Waals surface area contributed by atoms with Gasteiger partial charge in [-0.3, -0.25) is 10.1 Å². The zero-order valence-electron chi connectivity index (χ0n) is 15.3. The molecule has 1 fully saturated rings. The minimum absolute atomic E-state index is 0.0428. The number of amides is 1. The van der Waals surface area contributed by atoms with Crippen LogP contribution in [0.25, 0.3) is 11.1 Å². The lowest BCUT2D eigenvalue weighted by Gasteiger charge is -2.24. The van der Waals surface area contributed by atoms with Crippen LogP contribution in [0.3, 0.4) is 0 Å². The van der Waals surface area contributed by atoms with E-state index in [1.807, 2.05) is 20.8 Å². The number of carbonyl (C=O) groups excluding carboxylic acids is 1. The third-order valence-corrected chi connectivity index (χ3v) is 5.42. The third kappa shape index (κ3) is 4.62. The number of carbonyl (C=O) groups is 1. The van der Waals surface area contributed by atoms with Crippen LogP contribution in [0.2, 0.25) is 0 Å². The van der Waals surface area contributed by atoms with Crippen LogP contribution in [0.1, 0.15) is 27.2 Å². The summed E-state index contributed by atoms with van der Waals surface area (Å²) in [5.41, 5.74) is -0.00394. The molecule has 1 aliphatic rings. The minimum Gasteiger partial charge on any atom is -0.444 e. The number of likely N-dealkylation sites (tertiary alicyclic amines) is 1. The van der Waals surface area contributed by atoms with E-state index in [2.05, 4.69) is 4.98 Å². The molecule has 0 bridgehead atoms. The molecule has 2 aromatic rings. The zero-order chi connectivity index (χ0) is 19.8. The van der Waals surface area contributed by atoms with Crippen molar-refractivity contribution in [3.8, 4) is 0 Å². The quantitative estimate of drug-likeness (QED) is 0.577. The van der Waals surface area contributed by atoms with E-state index in [4.69, 9.17) is 9.15 Å². The van der Waals surface area contributed by atoms with Crippen molar-refractivity contribution >= 4 is 33.7 Å². The predicted molar refractivity (Wildman–Crippen MR) is 97.9 cm³/mol. The first-order valence-electron chi connectivity index (χ1n) is 8.53. The first-order chi connectivity index (χ1) is 12.6. The van der Waals surface area contributed by atoms with E-state index in [1.54, 1.807) is 4.90 Å². The Morgan fingerprint density at radius 3 is 2.89 bits per heavy atom. The maximum absolute atomic E-state index is 12.6. The number of aromatic nitrogens is 1. The Labute approximate surface area is 158 Å². The summed E-state index contributed by atoms with van der Waals surface area (Å²) in [4.78, 5) is 28.2. The van der Waals surface area contributed by atoms with Crippen molar-refractivity contribution < 1.29 is 23.1 Å². The number of fused-ring (bicyclic) bond motifs is 1. The maximum Gasteiger partial charge on any atom is 0.410 e.